The van der Waals surface area contributed by atoms with Gasteiger partial charge in [-0.2, -0.15) is 0 Å². The normalized spacial score (nSPS) is 13.3. The number of rotatable bonds is 4. The molecule has 0 aromatic carbocycles. The zero-order chi connectivity index (χ0) is 15.8. The van der Waals surface area contributed by atoms with E-state index in [1.54, 1.807) is 0 Å². The fraction of sp³-hybridized carbons (Fsp3) is 0.615. The molecule has 6 nitrogen and oxygen atoms in total. The molecular weight excluding hydrogens is 278 g/mol. The highest BCUT2D eigenvalue weighted by atomic mass is 32.2. The van der Waals surface area contributed by atoms with E-state index in [-0.39, 0.29) is 21.9 Å². The quantitative estimate of drug-likeness (QED) is 0.786. The molecule has 1 amide bonds. The average Bonchev–Trinajstić information content (AvgIpc) is 2.59. The lowest BCUT2D eigenvalue weighted by Crippen LogP contribution is -2.45. The van der Waals surface area contributed by atoms with E-state index >= 15 is 0 Å². The maximum atomic E-state index is 12.1. The molecule has 0 aliphatic heterocycles. The minimum atomic E-state index is -3.80. The number of aromatic nitrogens is 1. The maximum absolute atomic E-state index is 12.1. The summed E-state index contributed by atoms with van der Waals surface area (Å²) in [5.74, 6) is -0.353. The van der Waals surface area contributed by atoms with Gasteiger partial charge in [-0.05, 0) is 31.7 Å². The molecule has 0 unspecified atom stereocenters. The summed E-state index contributed by atoms with van der Waals surface area (Å²) in [5, 5.41) is 7.89. The van der Waals surface area contributed by atoms with Crippen molar-refractivity contribution in [1.82, 2.24) is 10.3 Å². The molecule has 0 spiro atoms. The highest BCUT2D eigenvalue weighted by Crippen LogP contribution is 2.27. The van der Waals surface area contributed by atoms with Crippen LogP contribution in [0.3, 0.4) is 0 Å². The summed E-state index contributed by atoms with van der Waals surface area (Å²) in [5.41, 5.74) is -0.156. The van der Waals surface area contributed by atoms with Crippen LogP contribution in [0.15, 0.2) is 17.2 Å². The van der Waals surface area contributed by atoms with Crippen LogP contribution >= 0.6 is 0 Å². The van der Waals surface area contributed by atoms with Gasteiger partial charge in [-0.25, -0.2) is 13.6 Å². The van der Waals surface area contributed by atoms with Crippen molar-refractivity contribution in [3.8, 4) is 0 Å². The first kappa shape index (κ1) is 16.7. The molecule has 1 rings (SSSR count). The van der Waals surface area contributed by atoms with Crippen LogP contribution < -0.4 is 10.5 Å². The molecule has 7 heteroatoms. The molecule has 1 aromatic rings. The predicted molar refractivity (Wildman–Crippen MR) is 77.8 cm³/mol. The van der Waals surface area contributed by atoms with E-state index in [9.17, 15) is 13.2 Å². The summed E-state index contributed by atoms with van der Waals surface area (Å²) in [6.45, 7) is 10.1. The largest absolute Gasteiger partial charge is 0.356 e. The van der Waals surface area contributed by atoms with Crippen molar-refractivity contribution < 1.29 is 13.2 Å². The van der Waals surface area contributed by atoms with Gasteiger partial charge in [0, 0.05) is 11.7 Å². The Bertz CT molecular complexity index is 595. The summed E-state index contributed by atoms with van der Waals surface area (Å²) < 4.78 is 22.3. The summed E-state index contributed by atoms with van der Waals surface area (Å²) in [6, 6.07) is 1.23. The Morgan fingerprint density at radius 2 is 1.85 bits per heavy atom. The molecule has 20 heavy (non-hydrogen) atoms. The van der Waals surface area contributed by atoms with Crippen LogP contribution in [0.2, 0.25) is 0 Å². The van der Waals surface area contributed by atoms with Crippen molar-refractivity contribution in [2.45, 2.75) is 51.5 Å². The third kappa shape index (κ3) is 4.97. The first-order chi connectivity index (χ1) is 8.80. The number of hydrogen-bond donors (Lipinski definition) is 3. The molecule has 0 aliphatic rings. The average molecular weight is 301 g/mol. The highest BCUT2D eigenvalue weighted by molar-refractivity contribution is 7.89. The first-order valence-corrected chi connectivity index (χ1v) is 7.89. The molecule has 0 bridgehead atoms. The SMILES string of the molecule is CC(C)(C)CC(C)(C)NC(=O)c1cc(S(N)(=O)=O)c[nH]1. The number of H-pyrrole nitrogens is 1. The molecule has 0 radical (unpaired) electrons. The summed E-state index contributed by atoms with van der Waals surface area (Å²) in [4.78, 5) is 14.6. The number of nitrogens with two attached hydrogens (primary N) is 1. The molecule has 1 heterocycles. The Hall–Kier alpha value is -1.34. The second-order valence-corrected chi connectivity index (χ2v) is 8.43. The van der Waals surface area contributed by atoms with Crippen molar-refractivity contribution in [3.63, 3.8) is 0 Å². The van der Waals surface area contributed by atoms with Crippen molar-refractivity contribution in [2.75, 3.05) is 0 Å². The van der Waals surface area contributed by atoms with Crippen LogP contribution in [0.4, 0.5) is 0 Å². The van der Waals surface area contributed by atoms with Crippen molar-refractivity contribution >= 4 is 15.9 Å². The Morgan fingerprint density at radius 1 is 1.30 bits per heavy atom. The predicted octanol–water partition coefficient (Wildman–Crippen LogP) is 1.61. The molecule has 114 valence electrons. The van der Waals surface area contributed by atoms with Crippen molar-refractivity contribution in [1.29, 1.82) is 0 Å². The third-order valence-corrected chi connectivity index (χ3v) is 3.55. The van der Waals surface area contributed by atoms with Crippen molar-refractivity contribution in [3.05, 3.63) is 18.0 Å². The molecule has 0 atom stereocenters. The number of carbonyl (C=O) groups excluding carboxylic acids is 1. The van der Waals surface area contributed by atoms with Crippen molar-refractivity contribution in [2.24, 2.45) is 10.6 Å². The first-order valence-electron chi connectivity index (χ1n) is 6.34. The number of carbonyl (C=O) groups is 1. The van der Waals surface area contributed by atoms with Gasteiger partial charge < -0.3 is 10.3 Å². The number of nitrogens with one attached hydrogen (secondary N) is 2. The van der Waals surface area contributed by atoms with E-state index in [2.05, 4.69) is 31.1 Å². The van der Waals surface area contributed by atoms with Gasteiger partial charge in [-0.15, -0.1) is 0 Å². The van der Waals surface area contributed by atoms with E-state index in [1.807, 2.05) is 13.8 Å². The monoisotopic (exact) mass is 301 g/mol. The van der Waals surface area contributed by atoms with Gasteiger partial charge in [0.1, 0.15) is 5.69 Å². The zero-order valence-electron chi connectivity index (χ0n) is 12.6. The number of hydrogen-bond acceptors (Lipinski definition) is 3. The highest BCUT2D eigenvalue weighted by Gasteiger charge is 2.28. The lowest BCUT2D eigenvalue weighted by Gasteiger charge is -2.33. The Labute approximate surface area is 120 Å². The van der Waals surface area contributed by atoms with Gasteiger partial charge in [0.2, 0.25) is 10.0 Å². The fourth-order valence-corrected chi connectivity index (χ4v) is 2.92. The van der Waals surface area contributed by atoms with Gasteiger partial charge in [-0.3, -0.25) is 4.79 Å². The van der Waals surface area contributed by atoms with Gasteiger partial charge >= 0.3 is 0 Å². The van der Waals surface area contributed by atoms with Gasteiger partial charge in [0.25, 0.3) is 5.91 Å². The topological polar surface area (TPSA) is 105 Å². The Kier molecular flexibility index (Phi) is 4.36. The Morgan fingerprint density at radius 3 is 2.25 bits per heavy atom. The minimum absolute atomic E-state index is 0.0677. The molecular formula is C13H23N3O3S. The summed E-state index contributed by atoms with van der Waals surface area (Å²) in [7, 11) is -3.80. The lowest BCUT2D eigenvalue weighted by molar-refractivity contribution is 0.0887. The molecule has 4 N–H and O–H groups in total. The van der Waals surface area contributed by atoms with Crippen LogP contribution in [0.25, 0.3) is 0 Å². The van der Waals surface area contributed by atoms with Crippen LogP contribution in [0, 0.1) is 5.41 Å². The Balaban J connectivity index is 2.84. The molecule has 0 saturated heterocycles. The zero-order valence-corrected chi connectivity index (χ0v) is 13.4. The van der Waals surface area contributed by atoms with E-state index in [0.717, 1.165) is 6.42 Å². The molecule has 1 aromatic heterocycles. The van der Waals surface area contributed by atoms with Gasteiger partial charge in [0.15, 0.2) is 0 Å². The number of sulfonamides is 1. The van der Waals surface area contributed by atoms with E-state index < -0.39 is 15.6 Å². The summed E-state index contributed by atoms with van der Waals surface area (Å²) >= 11 is 0. The molecule has 0 fully saturated rings. The number of primary sulfonamides is 1. The van der Waals surface area contributed by atoms with Crippen LogP contribution in [0.5, 0.6) is 0 Å². The van der Waals surface area contributed by atoms with E-state index in [1.165, 1.54) is 12.3 Å². The third-order valence-electron chi connectivity index (χ3n) is 2.65. The standard InChI is InChI=1S/C13H23N3O3S/c1-12(2,3)8-13(4,5)16-11(17)10-6-9(7-15-10)20(14,18)19/h6-7,15H,8H2,1-5H3,(H,16,17)(H2,14,18,19). The van der Waals surface area contributed by atoms with E-state index in [0.29, 0.717) is 0 Å². The number of aromatic amines is 1. The molecule has 0 aliphatic carbocycles. The smallest absolute Gasteiger partial charge is 0.268 e. The van der Waals surface area contributed by atoms with Gasteiger partial charge in [0.05, 0.1) is 4.90 Å². The van der Waals surface area contributed by atoms with Crippen LogP contribution in [0.1, 0.15) is 51.5 Å². The van der Waals surface area contributed by atoms with Gasteiger partial charge in [-0.1, -0.05) is 20.8 Å². The molecule has 0 saturated carbocycles. The lowest BCUT2D eigenvalue weighted by atomic mass is 9.82. The van der Waals surface area contributed by atoms with Crippen LogP contribution in [-0.4, -0.2) is 24.8 Å². The number of amides is 1. The minimum Gasteiger partial charge on any atom is -0.356 e. The van der Waals surface area contributed by atoms with E-state index in [4.69, 9.17) is 5.14 Å². The van der Waals surface area contributed by atoms with Crippen LogP contribution in [-0.2, 0) is 10.0 Å². The fourth-order valence-electron chi connectivity index (χ4n) is 2.41. The second-order valence-electron chi connectivity index (χ2n) is 6.87. The summed E-state index contributed by atoms with van der Waals surface area (Å²) in [6.07, 6.45) is 2.00. The second kappa shape index (κ2) is 5.21. The maximum Gasteiger partial charge on any atom is 0.268 e.